The molecule has 1 aliphatic rings. The van der Waals surface area contributed by atoms with E-state index >= 15 is 0 Å². The molecule has 0 amide bonds. The van der Waals surface area contributed by atoms with Crippen LogP contribution >= 0.6 is 0 Å². The first-order valence-corrected chi connectivity index (χ1v) is 7.91. The molecule has 0 aliphatic heterocycles. The Hall–Kier alpha value is -1.71. The third kappa shape index (κ3) is 3.69. The summed E-state index contributed by atoms with van der Waals surface area (Å²) in [6.07, 6.45) is 3.54. The van der Waals surface area contributed by atoms with Crippen molar-refractivity contribution in [2.24, 2.45) is 10.7 Å². The van der Waals surface area contributed by atoms with E-state index < -0.39 is 0 Å². The highest BCUT2D eigenvalue weighted by molar-refractivity contribution is 5.78. The van der Waals surface area contributed by atoms with Crippen molar-refractivity contribution in [2.75, 3.05) is 26.7 Å². The lowest BCUT2D eigenvalue weighted by molar-refractivity contribution is 0.413. The second kappa shape index (κ2) is 7.34. The molecule has 4 nitrogen and oxygen atoms in total. The van der Waals surface area contributed by atoms with E-state index in [-0.39, 0.29) is 0 Å². The highest BCUT2D eigenvalue weighted by atomic mass is 16.5. The second-order valence-corrected chi connectivity index (χ2v) is 5.53. The lowest BCUT2D eigenvalue weighted by Crippen LogP contribution is -2.37. The van der Waals surface area contributed by atoms with Crippen LogP contribution in [0, 0.1) is 0 Å². The fourth-order valence-corrected chi connectivity index (χ4v) is 3.06. The number of ether oxygens (including phenoxy) is 1. The summed E-state index contributed by atoms with van der Waals surface area (Å²) in [4.78, 5) is 6.72. The van der Waals surface area contributed by atoms with Crippen molar-refractivity contribution in [1.29, 1.82) is 0 Å². The summed E-state index contributed by atoms with van der Waals surface area (Å²) < 4.78 is 5.32. The topological polar surface area (TPSA) is 50.8 Å². The van der Waals surface area contributed by atoms with Crippen LogP contribution in [-0.2, 0) is 6.42 Å². The number of guanidine groups is 1. The van der Waals surface area contributed by atoms with Gasteiger partial charge in [-0.1, -0.05) is 6.07 Å². The minimum atomic E-state index is 0.480. The first kappa shape index (κ1) is 15.7. The normalized spacial score (nSPS) is 18.2. The number of nitrogens with zero attached hydrogens (tertiary/aromatic N) is 2. The quantitative estimate of drug-likeness (QED) is 0.670. The van der Waals surface area contributed by atoms with E-state index in [1.165, 1.54) is 24.0 Å². The van der Waals surface area contributed by atoms with Crippen LogP contribution in [0.4, 0.5) is 0 Å². The van der Waals surface area contributed by atoms with E-state index in [0.29, 0.717) is 11.9 Å². The van der Waals surface area contributed by atoms with Crippen molar-refractivity contribution >= 4 is 5.96 Å². The number of hydrogen-bond donors (Lipinski definition) is 1. The highest BCUT2D eigenvalue weighted by Crippen LogP contribution is 2.33. The summed E-state index contributed by atoms with van der Waals surface area (Å²) in [6.45, 7) is 6.80. The monoisotopic (exact) mass is 289 g/mol. The molecular weight excluding hydrogens is 262 g/mol. The zero-order valence-corrected chi connectivity index (χ0v) is 13.4. The molecule has 1 atom stereocenters. The van der Waals surface area contributed by atoms with Gasteiger partial charge in [-0.2, -0.15) is 0 Å². The molecule has 0 fully saturated rings. The van der Waals surface area contributed by atoms with Crippen LogP contribution < -0.4 is 10.5 Å². The zero-order valence-electron chi connectivity index (χ0n) is 13.4. The van der Waals surface area contributed by atoms with Gasteiger partial charge < -0.3 is 15.4 Å². The molecule has 4 heteroatoms. The third-order valence-corrected chi connectivity index (χ3v) is 4.35. The average Bonchev–Trinajstić information content (AvgIpc) is 2.53. The summed E-state index contributed by atoms with van der Waals surface area (Å²) in [7, 11) is 1.72. The maximum absolute atomic E-state index is 6.08. The van der Waals surface area contributed by atoms with Crippen LogP contribution in [0.3, 0.4) is 0 Å². The highest BCUT2D eigenvalue weighted by Gasteiger charge is 2.20. The molecule has 0 aromatic heterocycles. The number of hydrogen-bond acceptors (Lipinski definition) is 2. The van der Waals surface area contributed by atoms with Crippen molar-refractivity contribution in [3.63, 3.8) is 0 Å². The van der Waals surface area contributed by atoms with Gasteiger partial charge in [0.05, 0.1) is 7.11 Å². The molecule has 21 heavy (non-hydrogen) atoms. The summed E-state index contributed by atoms with van der Waals surface area (Å²) in [5.41, 5.74) is 8.90. The second-order valence-electron chi connectivity index (χ2n) is 5.53. The van der Waals surface area contributed by atoms with E-state index in [0.717, 1.165) is 31.8 Å². The Bertz CT molecular complexity index is 495. The number of nitrogens with two attached hydrogens (primary N) is 1. The summed E-state index contributed by atoms with van der Waals surface area (Å²) in [5, 5.41) is 0. The first-order chi connectivity index (χ1) is 10.2. The van der Waals surface area contributed by atoms with Gasteiger partial charge in [0.15, 0.2) is 5.96 Å². The van der Waals surface area contributed by atoms with E-state index in [2.05, 4.69) is 41.9 Å². The predicted octanol–water partition coefficient (Wildman–Crippen LogP) is 2.77. The van der Waals surface area contributed by atoms with Crippen LogP contribution in [0.5, 0.6) is 5.75 Å². The summed E-state index contributed by atoms with van der Waals surface area (Å²) in [5.74, 6) is 2.09. The SMILES string of the molecule is CCN(CC)C(N)=NCC1CCCc2cc(OC)ccc21. The van der Waals surface area contributed by atoms with E-state index in [1.807, 2.05) is 0 Å². The molecule has 2 N–H and O–H groups in total. The Kier molecular flexibility index (Phi) is 5.48. The van der Waals surface area contributed by atoms with Crippen molar-refractivity contribution < 1.29 is 4.74 Å². The summed E-state index contributed by atoms with van der Waals surface area (Å²) >= 11 is 0. The predicted molar refractivity (Wildman–Crippen MR) is 88.1 cm³/mol. The van der Waals surface area contributed by atoms with Crippen LogP contribution in [0.2, 0.25) is 0 Å². The molecular formula is C17H27N3O. The van der Waals surface area contributed by atoms with Gasteiger partial charge in [-0.05, 0) is 56.4 Å². The van der Waals surface area contributed by atoms with Crippen molar-refractivity contribution in [3.8, 4) is 5.75 Å². The molecule has 0 heterocycles. The minimum Gasteiger partial charge on any atom is -0.497 e. The Labute approximate surface area is 128 Å². The van der Waals surface area contributed by atoms with Gasteiger partial charge in [0.2, 0.25) is 0 Å². The summed E-state index contributed by atoms with van der Waals surface area (Å²) in [6, 6.07) is 6.41. The number of rotatable bonds is 5. The van der Waals surface area contributed by atoms with Gasteiger partial charge >= 0.3 is 0 Å². The fourth-order valence-electron chi connectivity index (χ4n) is 3.06. The number of methoxy groups -OCH3 is 1. The van der Waals surface area contributed by atoms with Gasteiger partial charge in [-0.3, -0.25) is 4.99 Å². The Morgan fingerprint density at radius 2 is 2.14 bits per heavy atom. The number of fused-ring (bicyclic) bond motifs is 1. The van der Waals surface area contributed by atoms with Gasteiger partial charge in [0, 0.05) is 25.6 Å². The molecule has 0 saturated heterocycles. The molecule has 1 aromatic rings. The van der Waals surface area contributed by atoms with Crippen molar-refractivity contribution in [3.05, 3.63) is 29.3 Å². The van der Waals surface area contributed by atoms with E-state index in [1.54, 1.807) is 7.11 Å². The molecule has 0 saturated carbocycles. The Morgan fingerprint density at radius 1 is 1.38 bits per heavy atom. The van der Waals surface area contributed by atoms with Crippen molar-refractivity contribution in [1.82, 2.24) is 4.90 Å². The molecule has 1 unspecified atom stereocenters. The van der Waals surface area contributed by atoms with Crippen molar-refractivity contribution in [2.45, 2.75) is 39.0 Å². The van der Waals surface area contributed by atoms with E-state index in [4.69, 9.17) is 10.5 Å². The molecule has 0 radical (unpaired) electrons. The van der Waals surface area contributed by atoms with Crippen LogP contribution in [0.1, 0.15) is 43.7 Å². The number of benzene rings is 1. The zero-order chi connectivity index (χ0) is 15.2. The maximum atomic E-state index is 6.08. The lowest BCUT2D eigenvalue weighted by atomic mass is 9.83. The fraction of sp³-hybridized carbons (Fsp3) is 0.588. The van der Waals surface area contributed by atoms with Crippen LogP contribution in [-0.4, -0.2) is 37.6 Å². The number of aryl methyl sites for hydroxylation is 1. The standard InChI is InChI=1S/C17H27N3O/c1-4-20(5-2)17(18)19-12-14-8-6-7-13-11-15(21-3)9-10-16(13)14/h9-11,14H,4-8,12H2,1-3H3,(H2,18,19). The molecule has 0 bridgehead atoms. The molecule has 1 aliphatic carbocycles. The van der Waals surface area contributed by atoms with Gasteiger partial charge in [-0.15, -0.1) is 0 Å². The van der Waals surface area contributed by atoms with Gasteiger partial charge in [0.1, 0.15) is 5.75 Å². The first-order valence-electron chi connectivity index (χ1n) is 7.91. The molecule has 116 valence electrons. The minimum absolute atomic E-state index is 0.480. The van der Waals surface area contributed by atoms with Crippen LogP contribution in [0.15, 0.2) is 23.2 Å². The van der Waals surface area contributed by atoms with Crippen LogP contribution in [0.25, 0.3) is 0 Å². The third-order valence-electron chi connectivity index (χ3n) is 4.35. The molecule has 0 spiro atoms. The van der Waals surface area contributed by atoms with E-state index in [9.17, 15) is 0 Å². The van der Waals surface area contributed by atoms with Gasteiger partial charge in [0.25, 0.3) is 0 Å². The maximum Gasteiger partial charge on any atom is 0.191 e. The number of aliphatic imine (C=N–C) groups is 1. The largest absolute Gasteiger partial charge is 0.497 e. The Morgan fingerprint density at radius 3 is 2.81 bits per heavy atom. The Balaban J connectivity index is 2.11. The smallest absolute Gasteiger partial charge is 0.191 e. The molecule has 2 rings (SSSR count). The lowest BCUT2D eigenvalue weighted by Gasteiger charge is -2.26. The van der Waals surface area contributed by atoms with Gasteiger partial charge in [-0.25, -0.2) is 0 Å². The average molecular weight is 289 g/mol. The molecule has 1 aromatic carbocycles.